The van der Waals surface area contributed by atoms with Gasteiger partial charge in [0.1, 0.15) is 16.8 Å². The minimum atomic E-state index is 0.137. The molecule has 17 heavy (non-hydrogen) atoms. The number of aromatic nitrogens is 2. The van der Waals surface area contributed by atoms with Gasteiger partial charge in [-0.2, -0.15) is 0 Å². The van der Waals surface area contributed by atoms with Crippen molar-refractivity contribution >= 4 is 40.4 Å². The summed E-state index contributed by atoms with van der Waals surface area (Å²) in [6, 6.07) is 5.73. The lowest BCUT2D eigenvalue weighted by Gasteiger charge is -2.13. The molecule has 0 aliphatic carbocycles. The van der Waals surface area contributed by atoms with Gasteiger partial charge in [0, 0.05) is 10.9 Å². The van der Waals surface area contributed by atoms with Gasteiger partial charge in [-0.25, -0.2) is 9.97 Å². The molecule has 2 heterocycles. The predicted molar refractivity (Wildman–Crippen MR) is 73.1 cm³/mol. The lowest BCUT2D eigenvalue weighted by atomic mass is 10.3. The fraction of sp³-hybridized carbons (Fsp3) is 0.273. The molecule has 0 saturated heterocycles. The van der Waals surface area contributed by atoms with Gasteiger partial charge < -0.3 is 5.32 Å². The fourth-order valence-electron chi connectivity index (χ4n) is 1.46. The van der Waals surface area contributed by atoms with E-state index in [0.29, 0.717) is 11.0 Å². The number of hydrogen-bond donors (Lipinski definition) is 1. The number of hydrogen-bond acceptors (Lipinski definition) is 4. The number of nitrogens with one attached hydrogen (secondary N) is 1. The second-order valence-corrected chi connectivity index (χ2v) is 5.76. The van der Waals surface area contributed by atoms with Crippen molar-refractivity contribution < 1.29 is 0 Å². The van der Waals surface area contributed by atoms with Crippen LogP contribution in [0.15, 0.2) is 18.2 Å². The van der Waals surface area contributed by atoms with Crippen molar-refractivity contribution in [3.63, 3.8) is 0 Å². The van der Waals surface area contributed by atoms with Crippen molar-refractivity contribution in [3.8, 4) is 0 Å². The highest BCUT2D eigenvalue weighted by atomic mass is 35.5. The third-order valence-corrected chi connectivity index (χ3v) is 3.80. The van der Waals surface area contributed by atoms with E-state index in [1.165, 1.54) is 0 Å². The van der Waals surface area contributed by atoms with E-state index in [2.05, 4.69) is 15.3 Å². The molecule has 0 bridgehead atoms. The molecule has 0 spiro atoms. The van der Waals surface area contributed by atoms with Crippen LogP contribution in [-0.2, 0) is 0 Å². The quantitative estimate of drug-likeness (QED) is 0.854. The van der Waals surface area contributed by atoms with Gasteiger partial charge in [-0.3, -0.25) is 0 Å². The SMILES string of the molecule is Cc1nc(Cl)cc(NC(C)c2ccc(Cl)s2)n1. The van der Waals surface area contributed by atoms with Gasteiger partial charge in [0.25, 0.3) is 0 Å². The molecule has 0 saturated carbocycles. The highest BCUT2D eigenvalue weighted by Crippen LogP contribution is 2.28. The van der Waals surface area contributed by atoms with E-state index < -0.39 is 0 Å². The van der Waals surface area contributed by atoms with Gasteiger partial charge in [-0.1, -0.05) is 23.2 Å². The van der Waals surface area contributed by atoms with Crippen LogP contribution < -0.4 is 5.32 Å². The van der Waals surface area contributed by atoms with Crippen molar-refractivity contribution in [1.29, 1.82) is 0 Å². The van der Waals surface area contributed by atoms with Crippen molar-refractivity contribution in [3.05, 3.63) is 38.4 Å². The molecule has 0 aromatic carbocycles. The molecule has 6 heteroatoms. The first-order chi connectivity index (χ1) is 8.04. The zero-order chi connectivity index (χ0) is 12.4. The van der Waals surface area contributed by atoms with E-state index in [-0.39, 0.29) is 6.04 Å². The maximum absolute atomic E-state index is 5.90. The van der Waals surface area contributed by atoms with E-state index in [1.54, 1.807) is 17.4 Å². The Morgan fingerprint density at radius 1 is 1.29 bits per heavy atom. The summed E-state index contributed by atoms with van der Waals surface area (Å²) >= 11 is 13.3. The molecule has 2 aromatic rings. The summed E-state index contributed by atoms with van der Waals surface area (Å²) in [5.41, 5.74) is 0. The molecule has 2 aromatic heterocycles. The topological polar surface area (TPSA) is 37.8 Å². The van der Waals surface area contributed by atoms with Gasteiger partial charge >= 0.3 is 0 Å². The smallest absolute Gasteiger partial charge is 0.134 e. The summed E-state index contributed by atoms with van der Waals surface area (Å²) in [6.45, 7) is 3.86. The largest absolute Gasteiger partial charge is 0.363 e. The number of thiophene rings is 1. The van der Waals surface area contributed by atoms with Gasteiger partial charge in [0.05, 0.1) is 10.4 Å². The van der Waals surface area contributed by atoms with E-state index >= 15 is 0 Å². The monoisotopic (exact) mass is 287 g/mol. The summed E-state index contributed by atoms with van der Waals surface area (Å²) in [6.07, 6.45) is 0. The third kappa shape index (κ3) is 3.31. The molecule has 0 radical (unpaired) electrons. The summed E-state index contributed by atoms with van der Waals surface area (Å²) in [4.78, 5) is 9.44. The van der Waals surface area contributed by atoms with Crippen LogP contribution >= 0.6 is 34.5 Å². The van der Waals surface area contributed by atoms with Gasteiger partial charge in [0.2, 0.25) is 0 Å². The van der Waals surface area contributed by atoms with Crippen LogP contribution in [0.1, 0.15) is 23.7 Å². The lowest BCUT2D eigenvalue weighted by Crippen LogP contribution is -2.07. The summed E-state index contributed by atoms with van der Waals surface area (Å²) in [5, 5.41) is 3.71. The molecule has 3 nitrogen and oxygen atoms in total. The van der Waals surface area contributed by atoms with Crippen LogP contribution in [0.25, 0.3) is 0 Å². The summed E-state index contributed by atoms with van der Waals surface area (Å²) in [7, 11) is 0. The lowest BCUT2D eigenvalue weighted by molar-refractivity contribution is 0.887. The number of anilines is 1. The predicted octanol–water partition coefficient (Wildman–Crippen LogP) is 4.33. The van der Waals surface area contributed by atoms with Gasteiger partial charge in [-0.15, -0.1) is 11.3 Å². The molecule has 0 amide bonds. The Morgan fingerprint density at radius 2 is 2.06 bits per heavy atom. The zero-order valence-corrected chi connectivity index (χ0v) is 11.7. The maximum Gasteiger partial charge on any atom is 0.134 e. The molecule has 0 aliphatic heterocycles. The Morgan fingerprint density at radius 3 is 2.65 bits per heavy atom. The molecular formula is C11H11Cl2N3S. The Labute approximate surface area is 114 Å². The van der Waals surface area contributed by atoms with Crippen LogP contribution in [0.4, 0.5) is 5.82 Å². The van der Waals surface area contributed by atoms with E-state index in [9.17, 15) is 0 Å². The molecule has 0 fully saturated rings. The number of halogens is 2. The Balaban J connectivity index is 2.15. The molecule has 1 unspecified atom stereocenters. The van der Waals surface area contributed by atoms with E-state index in [1.807, 2.05) is 26.0 Å². The first-order valence-electron chi connectivity index (χ1n) is 5.07. The van der Waals surface area contributed by atoms with Crippen molar-refractivity contribution in [1.82, 2.24) is 9.97 Å². The summed E-state index contributed by atoms with van der Waals surface area (Å²) < 4.78 is 0.783. The van der Waals surface area contributed by atoms with Crippen LogP contribution in [0.3, 0.4) is 0 Å². The molecular weight excluding hydrogens is 277 g/mol. The van der Waals surface area contributed by atoms with Crippen molar-refractivity contribution in [2.24, 2.45) is 0 Å². The minimum absolute atomic E-state index is 0.137. The highest BCUT2D eigenvalue weighted by Gasteiger charge is 2.09. The first-order valence-corrected chi connectivity index (χ1v) is 6.65. The summed E-state index contributed by atoms with van der Waals surface area (Å²) in [5.74, 6) is 1.37. The molecule has 1 atom stereocenters. The Kier molecular flexibility index (Phi) is 3.86. The highest BCUT2D eigenvalue weighted by molar-refractivity contribution is 7.16. The van der Waals surface area contributed by atoms with Crippen molar-refractivity contribution in [2.75, 3.05) is 5.32 Å². The van der Waals surface area contributed by atoms with Crippen LogP contribution in [0, 0.1) is 6.92 Å². The number of rotatable bonds is 3. The van der Waals surface area contributed by atoms with Crippen LogP contribution in [0.5, 0.6) is 0 Å². The average Bonchev–Trinajstić information content (AvgIpc) is 2.63. The van der Waals surface area contributed by atoms with Gasteiger partial charge in [-0.05, 0) is 26.0 Å². The Bertz CT molecular complexity index is 507. The second-order valence-electron chi connectivity index (χ2n) is 3.63. The average molecular weight is 288 g/mol. The number of nitrogens with zero attached hydrogens (tertiary/aromatic N) is 2. The third-order valence-electron chi connectivity index (χ3n) is 2.19. The standard InChI is InChI=1S/C11H11Cl2N3S/c1-6(8-3-4-10(13)17-8)14-11-5-9(12)15-7(2)16-11/h3-6H,1-2H3,(H,14,15,16). The van der Waals surface area contributed by atoms with E-state index in [0.717, 1.165) is 15.0 Å². The van der Waals surface area contributed by atoms with Gasteiger partial charge in [0.15, 0.2) is 0 Å². The van der Waals surface area contributed by atoms with Crippen LogP contribution in [-0.4, -0.2) is 9.97 Å². The second kappa shape index (κ2) is 5.21. The zero-order valence-electron chi connectivity index (χ0n) is 9.37. The minimum Gasteiger partial charge on any atom is -0.363 e. The fourth-order valence-corrected chi connectivity index (χ4v) is 2.75. The molecule has 90 valence electrons. The molecule has 0 aliphatic rings. The maximum atomic E-state index is 5.90. The number of aryl methyl sites for hydroxylation is 1. The van der Waals surface area contributed by atoms with Crippen molar-refractivity contribution in [2.45, 2.75) is 19.9 Å². The first kappa shape index (κ1) is 12.6. The molecule has 2 rings (SSSR count). The Hall–Kier alpha value is -0.840. The molecule has 1 N–H and O–H groups in total. The van der Waals surface area contributed by atoms with Crippen LogP contribution in [0.2, 0.25) is 9.49 Å². The van der Waals surface area contributed by atoms with E-state index in [4.69, 9.17) is 23.2 Å². The normalized spacial score (nSPS) is 12.5.